The van der Waals surface area contributed by atoms with Gasteiger partial charge in [0.2, 0.25) is 5.91 Å². The summed E-state index contributed by atoms with van der Waals surface area (Å²) in [5, 5.41) is 0. The van der Waals surface area contributed by atoms with Gasteiger partial charge in [-0.3, -0.25) is 10.2 Å². The molecule has 0 radical (unpaired) electrons. The minimum absolute atomic E-state index is 0.0612. The van der Waals surface area contributed by atoms with Gasteiger partial charge in [-0.1, -0.05) is 26.0 Å². The predicted molar refractivity (Wildman–Crippen MR) is 117 cm³/mol. The number of hydrazine groups is 1. The summed E-state index contributed by atoms with van der Waals surface area (Å²) in [6, 6.07) is 8.09. The van der Waals surface area contributed by atoms with Crippen LogP contribution in [0, 0.1) is 5.82 Å². The SMILES string of the molecule is CC(=O)N1CC(C)(C)c2nc(NNC(=O)OC(C)(C)C)c(Cc3ccc(F)cc3)cc21. The number of anilines is 2. The molecule has 31 heavy (non-hydrogen) atoms. The van der Waals surface area contributed by atoms with Crippen LogP contribution in [0.5, 0.6) is 0 Å². The molecule has 2 N–H and O–H groups in total. The van der Waals surface area contributed by atoms with E-state index in [1.807, 2.05) is 19.9 Å². The van der Waals surface area contributed by atoms with Gasteiger partial charge in [-0.25, -0.2) is 19.6 Å². The van der Waals surface area contributed by atoms with Crippen molar-refractivity contribution >= 4 is 23.5 Å². The molecule has 0 bridgehead atoms. The molecule has 0 saturated heterocycles. The second-order valence-corrected chi connectivity index (χ2v) is 9.41. The highest BCUT2D eigenvalue weighted by molar-refractivity contribution is 5.94. The first-order valence-corrected chi connectivity index (χ1v) is 10.2. The van der Waals surface area contributed by atoms with Crippen molar-refractivity contribution in [2.75, 3.05) is 16.9 Å². The molecular weight excluding hydrogens is 399 g/mol. The molecule has 0 fully saturated rings. The Labute approximate surface area is 182 Å². The summed E-state index contributed by atoms with van der Waals surface area (Å²) in [5.74, 6) is 0.0756. The van der Waals surface area contributed by atoms with E-state index in [1.54, 1.807) is 37.8 Å². The van der Waals surface area contributed by atoms with Crippen LogP contribution in [-0.4, -0.2) is 29.1 Å². The molecule has 2 aromatic rings. The van der Waals surface area contributed by atoms with Crippen LogP contribution in [0.25, 0.3) is 0 Å². The standard InChI is InChI=1S/C23H29FN4O3/c1-14(29)28-13-23(5,6)19-18(28)12-16(11-15-7-9-17(24)10-8-15)20(25-19)26-27-21(30)31-22(2,3)4/h7-10,12H,11,13H2,1-6H3,(H,25,26)(H,27,30). The monoisotopic (exact) mass is 428 g/mol. The van der Waals surface area contributed by atoms with Gasteiger partial charge in [-0.2, -0.15) is 0 Å². The maximum absolute atomic E-state index is 13.3. The number of rotatable bonds is 4. The minimum atomic E-state index is -0.641. The summed E-state index contributed by atoms with van der Waals surface area (Å²) in [6.07, 6.45) is -0.197. The van der Waals surface area contributed by atoms with E-state index in [-0.39, 0.29) is 17.1 Å². The largest absolute Gasteiger partial charge is 0.443 e. The third-order valence-corrected chi connectivity index (χ3v) is 4.94. The van der Waals surface area contributed by atoms with Gasteiger partial charge < -0.3 is 9.64 Å². The molecule has 2 amide bonds. The number of carbonyl (C=O) groups is 2. The van der Waals surface area contributed by atoms with Crippen LogP contribution in [0.2, 0.25) is 0 Å². The summed E-state index contributed by atoms with van der Waals surface area (Å²) in [7, 11) is 0. The number of benzene rings is 1. The van der Waals surface area contributed by atoms with Crippen molar-refractivity contribution in [3.8, 4) is 0 Å². The molecule has 8 heteroatoms. The topological polar surface area (TPSA) is 83.6 Å². The number of nitrogens with one attached hydrogen (secondary N) is 2. The summed E-state index contributed by atoms with van der Waals surface area (Å²) < 4.78 is 18.6. The number of fused-ring (bicyclic) bond motifs is 1. The lowest BCUT2D eigenvalue weighted by atomic mass is 9.90. The fraction of sp³-hybridized carbons (Fsp3) is 0.435. The van der Waals surface area contributed by atoms with Gasteiger partial charge in [-0.05, 0) is 44.5 Å². The molecule has 3 rings (SSSR count). The molecule has 0 unspecified atom stereocenters. The number of pyridine rings is 1. The lowest BCUT2D eigenvalue weighted by molar-refractivity contribution is -0.116. The summed E-state index contributed by atoms with van der Waals surface area (Å²) in [6.45, 7) is 11.4. The molecule has 2 heterocycles. The molecule has 1 aromatic carbocycles. The smallest absolute Gasteiger partial charge is 0.426 e. The Bertz CT molecular complexity index is 997. The number of hydrogen-bond acceptors (Lipinski definition) is 5. The van der Waals surface area contributed by atoms with E-state index in [0.29, 0.717) is 18.8 Å². The van der Waals surface area contributed by atoms with E-state index < -0.39 is 11.7 Å². The van der Waals surface area contributed by atoms with Crippen molar-refractivity contribution in [3.05, 3.63) is 53.0 Å². The van der Waals surface area contributed by atoms with E-state index in [4.69, 9.17) is 9.72 Å². The van der Waals surface area contributed by atoms with Crippen LogP contribution in [0.4, 0.5) is 20.7 Å². The van der Waals surface area contributed by atoms with Gasteiger partial charge in [-0.15, -0.1) is 0 Å². The Balaban J connectivity index is 1.97. The fourth-order valence-corrected chi connectivity index (χ4v) is 3.56. The van der Waals surface area contributed by atoms with Crippen molar-refractivity contribution in [2.24, 2.45) is 0 Å². The van der Waals surface area contributed by atoms with Crippen LogP contribution in [0.1, 0.15) is 58.4 Å². The maximum Gasteiger partial charge on any atom is 0.426 e. The van der Waals surface area contributed by atoms with Gasteiger partial charge in [0, 0.05) is 30.9 Å². The Kier molecular flexibility index (Phi) is 5.93. The van der Waals surface area contributed by atoms with Gasteiger partial charge in [0.15, 0.2) is 0 Å². The van der Waals surface area contributed by atoms with Gasteiger partial charge in [0.1, 0.15) is 17.2 Å². The van der Waals surface area contributed by atoms with E-state index in [1.165, 1.54) is 19.1 Å². The number of aromatic nitrogens is 1. The van der Waals surface area contributed by atoms with E-state index in [2.05, 4.69) is 10.9 Å². The number of hydrogen-bond donors (Lipinski definition) is 2. The molecule has 0 saturated carbocycles. The Hall–Kier alpha value is -3.16. The normalized spacial score (nSPS) is 14.7. The van der Waals surface area contributed by atoms with Crippen LogP contribution in [0.15, 0.2) is 30.3 Å². The van der Waals surface area contributed by atoms with Gasteiger partial charge >= 0.3 is 6.09 Å². The van der Waals surface area contributed by atoms with Crippen molar-refractivity contribution in [1.29, 1.82) is 0 Å². The van der Waals surface area contributed by atoms with Crippen LogP contribution in [0.3, 0.4) is 0 Å². The molecule has 1 aromatic heterocycles. The number of ether oxygens (including phenoxy) is 1. The van der Waals surface area contributed by atoms with Gasteiger partial charge in [0.25, 0.3) is 0 Å². The Morgan fingerprint density at radius 3 is 2.45 bits per heavy atom. The van der Waals surface area contributed by atoms with Crippen molar-refractivity contribution < 1.29 is 18.7 Å². The first-order chi connectivity index (χ1) is 14.4. The van der Waals surface area contributed by atoms with Gasteiger partial charge in [0.05, 0.1) is 11.4 Å². The summed E-state index contributed by atoms with van der Waals surface area (Å²) in [4.78, 5) is 30.8. The first-order valence-electron chi connectivity index (χ1n) is 10.2. The number of halogens is 1. The third-order valence-electron chi connectivity index (χ3n) is 4.94. The van der Waals surface area contributed by atoms with E-state index in [0.717, 1.165) is 22.5 Å². The molecule has 7 nitrogen and oxygen atoms in total. The summed E-state index contributed by atoms with van der Waals surface area (Å²) >= 11 is 0. The van der Waals surface area contributed by atoms with Crippen molar-refractivity contribution in [1.82, 2.24) is 10.4 Å². The first kappa shape index (κ1) is 22.5. The number of nitrogens with zero attached hydrogens (tertiary/aromatic N) is 2. The average molecular weight is 429 g/mol. The molecule has 1 aliphatic heterocycles. The lowest BCUT2D eigenvalue weighted by Crippen LogP contribution is -2.36. The third kappa shape index (κ3) is 5.31. The molecular formula is C23H29FN4O3. The highest BCUT2D eigenvalue weighted by Gasteiger charge is 2.39. The van der Waals surface area contributed by atoms with Crippen molar-refractivity contribution in [2.45, 2.75) is 59.0 Å². The molecule has 1 aliphatic rings. The highest BCUT2D eigenvalue weighted by atomic mass is 19.1. The molecule has 166 valence electrons. The highest BCUT2D eigenvalue weighted by Crippen LogP contribution is 2.41. The maximum atomic E-state index is 13.3. The van der Waals surface area contributed by atoms with E-state index in [9.17, 15) is 14.0 Å². The van der Waals surface area contributed by atoms with Crippen molar-refractivity contribution in [3.63, 3.8) is 0 Å². The van der Waals surface area contributed by atoms with E-state index >= 15 is 0 Å². The quantitative estimate of drug-likeness (QED) is 0.709. The zero-order valence-electron chi connectivity index (χ0n) is 18.8. The zero-order chi connectivity index (χ0) is 23.0. The molecule has 0 spiro atoms. The summed E-state index contributed by atoms with van der Waals surface area (Å²) in [5.41, 5.74) is 7.54. The predicted octanol–water partition coefficient (Wildman–Crippen LogP) is 4.31. The molecule has 0 aliphatic carbocycles. The zero-order valence-corrected chi connectivity index (χ0v) is 18.8. The second kappa shape index (κ2) is 8.17. The Morgan fingerprint density at radius 2 is 1.87 bits per heavy atom. The van der Waals surface area contributed by atoms with Crippen LogP contribution < -0.4 is 15.8 Å². The van der Waals surface area contributed by atoms with Crippen LogP contribution >= 0.6 is 0 Å². The molecule has 0 atom stereocenters. The average Bonchev–Trinajstić information content (AvgIpc) is 2.91. The number of carbonyl (C=O) groups excluding carboxylic acids is 2. The Morgan fingerprint density at radius 1 is 1.23 bits per heavy atom. The van der Waals surface area contributed by atoms with Crippen LogP contribution in [-0.2, 0) is 21.4 Å². The number of amides is 2. The fourth-order valence-electron chi connectivity index (χ4n) is 3.56. The second-order valence-electron chi connectivity index (χ2n) is 9.41. The lowest BCUT2D eigenvalue weighted by Gasteiger charge is -2.21. The minimum Gasteiger partial charge on any atom is -0.443 e.